The molecule has 5 heteroatoms. The highest BCUT2D eigenvalue weighted by Gasteiger charge is 2.17. The molecule has 0 saturated carbocycles. The van der Waals surface area contributed by atoms with Crippen molar-refractivity contribution in [2.24, 2.45) is 0 Å². The third-order valence-corrected chi connectivity index (χ3v) is 8.93. The van der Waals surface area contributed by atoms with Gasteiger partial charge in [-0.3, -0.25) is 9.59 Å². The van der Waals surface area contributed by atoms with Crippen LogP contribution in [0.5, 0.6) is 0 Å². The minimum absolute atomic E-state index is 0.0628. The van der Waals surface area contributed by atoms with Gasteiger partial charge in [0.05, 0.1) is 6.61 Å². The molecule has 0 aromatic carbocycles. The summed E-state index contributed by atoms with van der Waals surface area (Å²) in [7, 11) is 0. The van der Waals surface area contributed by atoms with Gasteiger partial charge in [0, 0.05) is 19.4 Å². The Balaban J connectivity index is 4.15. The van der Waals surface area contributed by atoms with Crippen molar-refractivity contribution in [3.8, 4) is 0 Å². The quantitative estimate of drug-likeness (QED) is 0.0356. The number of allylic oxidation sites excluding steroid dienone is 14. The number of rotatable bonds is 39. The Bertz CT molecular complexity index is 1030. The number of carbonyl (C=O) groups is 2. The third kappa shape index (κ3) is 41.8. The highest BCUT2D eigenvalue weighted by atomic mass is 16.6. The molecule has 0 radical (unpaired) electrons. The Morgan fingerprint density at radius 3 is 1.33 bits per heavy atom. The number of ether oxygens (including phenoxy) is 3. The van der Waals surface area contributed by atoms with E-state index in [1.54, 1.807) is 0 Å². The standard InChI is InChI=1S/C49H82O5/c1-4-7-10-13-15-17-19-21-23-25-26-28-30-32-34-37-39-42-48(50)53-46-47(54-49(51)43-40-36-12-9-6-3)45-52-44-41-38-35-33-31-29-27-24-22-20-18-16-14-11-8-5-2/h7-8,10-11,15-18,21-24,26,28,47H,4-6,9,12-14,19-20,25,27,29-46H2,1-3H3/b10-7-,11-8-,17-15-,18-16-,23-21-,24-22-,28-26-. The zero-order chi connectivity index (χ0) is 39.3. The Hall–Kier alpha value is -2.92. The first kappa shape index (κ1) is 51.1. The second-order valence-corrected chi connectivity index (χ2v) is 14.2. The molecule has 0 aliphatic carbocycles. The predicted molar refractivity (Wildman–Crippen MR) is 233 cm³/mol. The van der Waals surface area contributed by atoms with Crippen molar-refractivity contribution < 1.29 is 23.8 Å². The summed E-state index contributed by atoms with van der Waals surface area (Å²) >= 11 is 0. The van der Waals surface area contributed by atoms with Gasteiger partial charge in [0.2, 0.25) is 0 Å². The van der Waals surface area contributed by atoms with Crippen LogP contribution >= 0.6 is 0 Å². The average Bonchev–Trinajstić information content (AvgIpc) is 3.17. The molecule has 0 spiro atoms. The second-order valence-electron chi connectivity index (χ2n) is 14.2. The lowest BCUT2D eigenvalue weighted by atomic mass is 10.1. The van der Waals surface area contributed by atoms with E-state index in [9.17, 15) is 9.59 Å². The summed E-state index contributed by atoms with van der Waals surface area (Å²) in [5.41, 5.74) is 0. The summed E-state index contributed by atoms with van der Waals surface area (Å²) < 4.78 is 17.2. The number of esters is 2. The van der Waals surface area contributed by atoms with Crippen molar-refractivity contribution >= 4 is 11.9 Å². The molecule has 54 heavy (non-hydrogen) atoms. The molecular formula is C49H82O5. The Labute approximate surface area is 333 Å². The van der Waals surface area contributed by atoms with Crippen LogP contribution in [0.15, 0.2) is 85.1 Å². The van der Waals surface area contributed by atoms with Crippen LogP contribution in [0.1, 0.15) is 188 Å². The molecule has 0 heterocycles. The summed E-state index contributed by atoms with van der Waals surface area (Å²) in [6, 6.07) is 0. The molecule has 1 atom stereocenters. The number of hydrogen-bond acceptors (Lipinski definition) is 5. The molecule has 0 saturated heterocycles. The molecule has 0 aliphatic rings. The second kappa shape index (κ2) is 44.5. The smallest absolute Gasteiger partial charge is 0.306 e. The largest absolute Gasteiger partial charge is 0.462 e. The van der Waals surface area contributed by atoms with Crippen LogP contribution in [0.3, 0.4) is 0 Å². The van der Waals surface area contributed by atoms with Gasteiger partial charge >= 0.3 is 11.9 Å². The van der Waals surface area contributed by atoms with E-state index < -0.39 is 6.10 Å². The SMILES string of the molecule is CC/C=C\C/C=C\C/C=C\C/C=C\CCCCCCC(=O)OCC(COCCCCCCCC/C=C\C/C=C\C/C=C\CC)OC(=O)CCCCCCC. The van der Waals surface area contributed by atoms with Gasteiger partial charge in [0.15, 0.2) is 6.10 Å². The lowest BCUT2D eigenvalue weighted by Gasteiger charge is -2.18. The minimum Gasteiger partial charge on any atom is -0.462 e. The molecular weight excluding hydrogens is 669 g/mol. The van der Waals surface area contributed by atoms with Gasteiger partial charge < -0.3 is 14.2 Å². The van der Waals surface area contributed by atoms with Crippen LogP contribution in [0.25, 0.3) is 0 Å². The van der Waals surface area contributed by atoms with Crippen LogP contribution in [0, 0.1) is 0 Å². The van der Waals surface area contributed by atoms with Crippen LogP contribution in [-0.2, 0) is 23.8 Å². The maximum absolute atomic E-state index is 12.5. The fourth-order valence-corrected chi connectivity index (χ4v) is 5.69. The monoisotopic (exact) mass is 751 g/mol. The molecule has 5 nitrogen and oxygen atoms in total. The maximum Gasteiger partial charge on any atom is 0.306 e. The topological polar surface area (TPSA) is 61.8 Å². The minimum atomic E-state index is -0.551. The Morgan fingerprint density at radius 1 is 0.426 bits per heavy atom. The van der Waals surface area contributed by atoms with Crippen molar-refractivity contribution in [2.45, 2.75) is 194 Å². The van der Waals surface area contributed by atoms with Gasteiger partial charge in [-0.1, -0.05) is 170 Å². The summed E-state index contributed by atoms with van der Waals surface area (Å²) in [6.45, 7) is 7.46. The number of unbranched alkanes of at least 4 members (excludes halogenated alkanes) is 14. The molecule has 308 valence electrons. The van der Waals surface area contributed by atoms with E-state index in [1.165, 1.54) is 38.5 Å². The molecule has 0 aromatic rings. The van der Waals surface area contributed by atoms with Crippen molar-refractivity contribution in [2.75, 3.05) is 19.8 Å². The first-order valence-corrected chi connectivity index (χ1v) is 22.1. The molecule has 0 amide bonds. The van der Waals surface area contributed by atoms with Crippen molar-refractivity contribution in [3.05, 3.63) is 85.1 Å². The third-order valence-electron chi connectivity index (χ3n) is 8.93. The van der Waals surface area contributed by atoms with Gasteiger partial charge in [-0.15, -0.1) is 0 Å². The number of hydrogen-bond donors (Lipinski definition) is 0. The van der Waals surface area contributed by atoms with E-state index in [-0.39, 0.29) is 25.2 Å². The fourth-order valence-electron chi connectivity index (χ4n) is 5.69. The van der Waals surface area contributed by atoms with Gasteiger partial charge in [0.25, 0.3) is 0 Å². The Kier molecular flexibility index (Phi) is 42.1. The van der Waals surface area contributed by atoms with Crippen LogP contribution in [0.4, 0.5) is 0 Å². The van der Waals surface area contributed by atoms with Gasteiger partial charge in [-0.2, -0.15) is 0 Å². The van der Waals surface area contributed by atoms with Gasteiger partial charge in [0.1, 0.15) is 6.61 Å². The number of carbonyl (C=O) groups excluding carboxylic acids is 2. The van der Waals surface area contributed by atoms with E-state index >= 15 is 0 Å². The zero-order valence-electron chi connectivity index (χ0n) is 35.2. The molecule has 0 rings (SSSR count). The summed E-state index contributed by atoms with van der Waals surface area (Å²) in [4.78, 5) is 25.0. The van der Waals surface area contributed by atoms with Crippen LogP contribution < -0.4 is 0 Å². The van der Waals surface area contributed by atoms with Gasteiger partial charge in [-0.05, 0) is 89.9 Å². The maximum atomic E-state index is 12.5. The fraction of sp³-hybridized carbons (Fsp3) is 0.673. The summed E-state index contributed by atoms with van der Waals surface area (Å²) in [5.74, 6) is -0.451. The van der Waals surface area contributed by atoms with E-state index in [2.05, 4.69) is 106 Å². The Morgan fingerprint density at radius 2 is 0.833 bits per heavy atom. The van der Waals surface area contributed by atoms with Crippen molar-refractivity contribution in [3.63, 3.8) is 0 Å². The first-order chi connectivity index (χ1) is 26.6. The van der Waals surface area contributed by atoms with Gasteiger partial charge in [-0.25, -0.2) is 0 Å². The molecule has 0 aliphatic heterocycles. The highest BCUT2D eigenvalue weighted by molar-refractivity contribution is 5.70. The lowest BCUT2D eigenvalue weighted by molar-refractivity contribution is -0.163. The summed E-state index contributed by atoms with van der Waals surface area (Å²) in [5, 5.41) is 0. The average molecular weight is 751 g/mol. The zero-order valence-corrected chi connectivity index (χ0v) is 35.2. The van der Waals surface area contributed by atoms with Crippen molar-refractivity contribution in [1.82, 2.24) is 0 Å². The van der Waals surface area contributed by atoms with Crippen molar-refractivity contribution in [1.29, 1.82) is 0 Å². The molecule has 0 aromatic heterocycles. The predicted octanol–water partition coefficient (Wildman–Crippen LogP) is 14.6. The van der Waals surface area contributed by atoms with Crippen LogP contribution in [0.2, 0.25) is 0 Å². The normalized spacial score (nSPS) is 13.0. The van der Waals surface area contributed by atoms with Crippen LogP contribution in [-0.4, -0.2) is 37.9 Å². The molecule has 0 N–H and O–H groups in total. The van der Waals surface area contributed by atoms with E-state index in [4.69, 9.17) is 14.2 Å². The molecule has 0 fully saturated rings. The van der Waals surface area contributed by atoms with E-state index in [1.807, 2.05) is 0 Å². The lowest BCUT2D eigenvalue weighted by Crippen LogP contribution is -2.30. The molecule has 1 unspecified atom stereocenters. The first-order valence-electron chi connectivity index (χ1n) is 22.1. The van der Waals surface area contributed by atoms with E-state index in [0.29, 0.717) is 19.4 Å². The van der Waals surface area contributed by atoms with E-state index in [0.717, 1.165) is 116 Å². The molecule has 0 bridgehead atoms. The highest BCUT2D eigenvalue weighted by Crippen LogP contribution is 2.11. The summed E-state index contributed by atoms with van der Waals surface area (Å²) in [6.07, 6.45) is 57.5.